The second-order valence-electron chi connectivity index (χ2n) is 3.59. The van der Waals surface area contributed by atoms with E-state index in [-0.39, 0.29) is 11.6 Å². The van der Waals surface area contributed by atoms with Crippen LogP contribution in [0.2, 0.25) is 0 Å². The van der Waals surface area contributed by atoms with Gasteiger partial charge < -0.3 is 4.57 Å². The van der Waals surface area contributed by atoms with Crippen molar-refractivity contribution in [3.05, 3.63) is 35.8 Å². The summed E-state index contributed by atoms with van der Waals surface area (Å²) < 4.78 is 14.9. The van der Waals surface area contributed by atoms with Gasteiger partial charge in [0.25, 0.3) is 0 Å². The summed E-state index contributed by atoms with van der Waals surface area (Å²) in [5.74, 6) is 2.06. The smallest absolute Gasteiger partial charge is 0.161 e. The van der Waals surface area contributed by atoms with E-state index in [1.807, 2.05) is 0 Å². The highest BCUT2D eigenvalue weighted by molar-refractivity contribution is 6.07. The quantitative estimate of drug-likeness (QED) is 0.557. The molecule has 2 rings (SSSR count). The highest BCUT2D eigenvalue weighted by Gasteiger charge is 2.11. The summed E-state index contributed by atoms with van der Waals surface area (Å²) in [7, 11) is 0. The largest absolute Gasteiger partial charge is 0.335 e. The first-order chi connectivity index (χ1) is 7.63. The minimum Gasteiger partial charge on any atom is -0.335 e. The Morgan fingerprint density at radius 1 is 1.56 bits per heavy atom. The van der Waals surface area contributed by atoms with E-state index in [1.165, 1.54) is 19.1 Å². The maximum absolute atomic E-state index is 13.1. The molecular weight excluding hydrogens is 205 g/mol. The Hall–Kier alpha value is -2.08. The monoisotopic (exact) mass is 215 g/mol. The topological polar surface area (TPSA) is 22.0 Å². The number of Topliss-reactive ketones (excluding diaryl/α,β-unsaturated/α-hetero) is 1. The summed E-state index contributed by atoms with van der Waals surface area (Å²) in [6, 6.07) is 4.35. The number of nitrogens with zero attached hydrogens (tertiary/aromatic N) is 1. The third-order valence-electron chi connectivity index (χ3n) is 2.48. The number of benzene rings is 1. The molecule has 0 atom stereocenters. The summed E-state index contributed by atoms with van der Waals surface area (Å²) >= 11 is 0. The molecule has 0 fully saturated rings. The summed E-state index contributed by atoms with van der Waals surface area (Å²) in [4.78, 5) is 11.4. The maximum Gasteiger partial charge on any atom is 0.161 e. The van der Waals surface area contributed by atoms with Gasteiger partial charge in [0.15, 0.2) is 5.78 Å². The number of aromatic nitrogens is 1. The molecule has 80 valence electrons. The van der Waals surface area contributed by atoms with E-state index < -0.39 is 0 Å². The van der Waals surface area contributed by atoms with Crippen LogP contribution < -0.4 is 0 Å². The summed E-state index contributed by atoms with van der Waals surface area (Å²) in [5, 5.41) is 0.614. The number of rotatable bonds is 2. The molecule has 0 N–H and O–H groups in total. The van der Waals surface area contributed by atoms with Gasteiger partial charge in [0, 0.05) is 22.7 Å². The first-order valence-corrected chi connectivity index (χ1v) is 4.86. The lowest BCUT2D eigenvalue weighted by atomic mass is 10.1. The Morgan fingerprint density at radius 2 is 2.31 bits per heavy atom. The lowest BCUT2D eigenvalue weighted by Crippen LogP contribution is -1.93. The zero-order chi connectivity index (χ0) is 11.7. The minimum absolute atomic E-state index is 0.0913. The van der Waals surface area contributed by atoms with Gasteiger partial charge >= 0.3 is 0 Å². The Labute approximate surface area is 92.7 Å². The zero-order valence-electron chi connectivity index (χ0n) is 8.83. The van der Waals surface area contributed by atoms with Crippen LogP contribution in [0.1, 0.15) is 17.3 Å². The van der Waals surface area contributed by atoms with Gasteiger partial charge in [-0.05, 0) is 25.1 Å². The number of carbonyl (C=O) groups is 1. The zero-order valence-corrected chi connectivity index (χ0v) is 8.83. The molecule has 0 aliphatic carbocycles. The Balaban J connectivity index is 2.77. The van der Waals surface area contributed by atoms with E-state index in [9.17, 15) is 9.18 Å². The average Bonchev–Trinajstić information content (AvgIpc) is 2.57. The Bertz CT molecular complexity index is 604. The molecule has 0 aliphatic heterocycles. The van der Waals surface area contributed by atoms with E-state index in [0.29, 0.717) is 17.5 Å². The predicted octanol–water partition coefficient (Wildman–Crippen LogP) is 2.62. The first kappa shape index (κ1) is 10.4. The molecule has 0 spiro atoms. The van der Waals surface area contributed by atoms with Crippen molar-refractivity contribution in [3.8, 4) is 12.3 Å². The van der Waals surface area contributed by atoms with Gasteiger partial charge in [-0.1, -0.05) is 5.92 Å². The minimum atomic E-state index is -0.353. The van der Waals surface area contributed by atoms with E-state index in [0.717, 1.165) is 5.52 Å². The fraction of sp³-hybridized carbons (Fsp3) is 0.154. The normalized spacial score (nSPS) is 10.3. The molecule has 2 aromatic rings. The van der Waals surface area contributed by atoms with Gasteiger partial charge in [0.05, 0.1) is 6.54 Å². The van der Waals surface area contributed by atoms with Gasteiger partial charge in [-0.25, -0.2) is 4.39 Å². The van der Waals surface area contributed by atoms with Gasteiger partial charge in [0.1, 0.15) is 5.82 Å². The maximum atomic E-state index is 13.1. The molecule has 0 aliphatic rings. The van der Waals surface area contributed by atoms with Crippen LogP contribution in [-0.4, -0.2) is 10.4 Å². The molecule has 0 bridgehead atoms. The van der Waals surface area contributed by atoms with Gasteiger partial charge in [0.2, 0.25) is 0 Å². The van der Waals surface area contributed by atoms with Gasteiger partial charge in [-0.3, -0.25) is 4.79 Å². The molecule has 1 aromatic carbocycles. The first-order valence-electron chi connectivity index (χ1n) is 4.86. The van der Waals surface area contributed by atoms with E-state index in [4.69, 9.17) is 6.42 Å². The Morgan fingerprint density at radius 3 is 2.94 bits per heavy atom. The van der Waals surface area contributed by atoms with E-state index in [1.54, 1.807) is 16.8 Å². The average molecular weight is 215 g/mol. The third-order valence-corrected chi connectivity index (χ3v) is 2.48. The fourth-order valence-corrected chi connectivity index (χ4v) is 1.78. The fourth-order valence-electron chi connectivity index (χ4n) is 1.78. The van der Waals surface area contributed by atoms with Crippen LogP contribution in [0.25, 0.3) is 10.9 Å². The van der Waals surface area contributed by atoms with Crippen molar-refractivity contribution in [2.75, 3.05) is 0 Å². The van der Waals surface area contributed by atoms with Crippen molar-refractivity contribution in [3.63, 3.8) is 0 Å². The molecule has 2 nitrogen and oxygen atoms in total. The van der Waals surface area contributed by atoms with Crippen molar-refractivity contribution < 1.29 is 9.18 Å². The van der Waals surface area contributed by atoms with Crippen LogP contribution in [0.15, 0.2) is 24.4 Å². The van der Waals surface area contributed by atoms with Crippen molar-refractivity contribution in [2.45, 2.75) is 13.5 Å². The molecule has 1 aromatic heterocycles. The number of hydrogen-bond donors (Lipinski definition) is 0. The number of carbonyl (C=O) groups excluding carboxylic acids is 1. The molecule has 0 radical (unpaired) electrons. The molecule has 0 saturated heterocycles. The van der Waals surface area contributed by atoms with Crippen LogP contribution in [-0.2, 0) is 6.54 Å². The highest BCUT2D eigenvalue weighted by atomic mass is 19.1. The van der Waals surface area contributed by atoms with Crippen LogP contribution in [0.5, 0.6) is 0 Å². The molecule has 0 saturated carbocycles. The number of terminal acetylenes is 1. The summed E-state index contributed by atoms with van der Waals surface area (Å²) in [5.41, 5.74) is 1.29. The summed E-state index contributed by atoms with van der Waals surface area (Å²) in [6.45, 7) is 1.83. The van der Waals surface area contributed by atoms with E-state index >= 15 is 0 Å². The van der Waals surface area contributed by atoms with Crippen LogP contribution in [0.4, 0.5) is 4.39 Å². The second kappa shape index (κ2) is 3.82. The van der Waals surface area contributed by atoms with E-state index in [2.05, 4.69) is 5.92 Å². The molecular formula is C13H10FNO. The Kier molecular flexibility index (Phi) is 2.49. The van der Waals surface area contributed by atoms with Crippen molar-refractivity contribution >= 4 is 16.7 Å². The molecule has 3 heteroatoms. The summed E-state index contributed by atoms with van der Waals surface area (Å²) in [6.07, 6.45) is 6.91. The SMILES string of the molecule is C#CCn1cc(C(C)=O)c2cc(F)ccc21. The predicted molar refractivity (Wildman–Crippen MR) is 60.7 cm³/mol. The van der Waals surface area contributed by atoms with Crippen LogP contribution in [0, 0.1) is 18.2 Å². The van der Waals surface area contributed by atoms with Crippen molar-refractivity contribution in [2.24, 2.45) is 0 Å². The van der Waals surface area contributed by atoms with Gasteiger partial charge in [-0.2, -0.15) is 0 Å². The highest BCUT2D eigenvalue weighted by Crippen LogP contribution is 2.22. The standard InChI is InChI=1S/C13H10FNO/c1-3-6-15-8-12(9(2)16)11-7-10(14)4-5-13(11)15/h1,4-5,7-8H,6H2,2H3. The lowest BCUT2D eigenvalue weighted by Gasteiger charge is -1.98. The molecule has 1 heterocycles. The number of hydrogen-bond acceptors (Lipinski definition) is 1. The number of fused-ring (bicyclic) bond motifs is 1. The lowest BCUT2D eigenvalue weighted by molar-refractivity contribution is 0.101. The van der Waals surface area contributed by atoms with Crippen molar-refractivity contribution in [1.82, 2.24) is 4.57 Å². The second-order valence-corrected chi connectivity index (χ2v) is 3.59. The van der Waals surface area contributed by atoms with Crippen LogP contribution in [0.3, 0.4) is 0 Å². The third kappa shape index (κ3) is 1.59. The number of halogens is 1. The molecule has 16 heavy (non-hydrogen) atoms. The van der Waals surface area contributed by atoms with Crippen molar-refractivity contribution in [1.29, 1.82) is 0 Å². The number of ketones is 1. The molecule has 0 unspecified atom stereocenters. The van der Waals surface area contributed by atoms with Crippen LogP contribution >= 0.6 is 0 Å². The molecule has 0 amide bonds. The van der Waals surface area contributed by atoms with Gasteiger partial charge in [-0.15, -0.1) is 6.42 Å².